The third-order valence-corrected chi connectivity index (χ3v) is 9.25. The minimum atomic E-state index is -0.586. The molecule has 0 bridgehead atoms. The van der Waals surface area contributed by atoms with Crippen LogP contribution in [0.4, 0.5) is 0 Å². The van der Waals surface area contributed by atoms with Gasteiger partial charge in [-0.05, 0) is 98.6 Å². The first-order valence-corrected chi connectivity index (χ1v) is 15.4. The van der Waals surface area contributed by atoms with Gasteiger partial charge in [0.05, 0.1) is 0 Å². The van der Waals surface area contributed by atoms with Gasteiger partial charge in [0.15, 0.2) is 6.54 Å². The number of aromatic nitrogens is 2. The first-order valence-electron chi connectivity index (χ1n) is 15.4. The van der Waals surface area contributed by atoms with Gasteiger partial charge in [0.25, 0.3) is 5.91 Å². The largest absolute Gasteiger partial charge is 0.784 e. The first-order chi connectivity index (χ1) is 18.9. The fourth-order valence-electron chi connectivity index (χ4n) is 7.70. The zero-order valence-electron chi connectivity index (χ0n) is 26.9. The Hall–Kier alpha value is -2.26. The highest BCUT2D eigenvalue weighted by atomic mass is 16.5. The summed E-state index contributed by atoms with van der Waals surface area (Å²) in [5.74, 6) is 0.0654. The number of carbonyl (C=O) groups excluding carboxylic acids is 1. The number of piperidine rings is 2. The van der Waals surface area contributed by atoms with E-state index in [2.05, 4.69) is 40.7 Å². The van der Waals surface area contributed by atoms with E-state index in [1.165, 1.54) is 21.3 Å². The molecule has 2 aromatic rings. The topological polar surface area (TPSA) is 78.9 Å². The zero-order valence-corrected chi connectivity index (χ0v) is 26.9. The standard InChI is InChI=1S/C33H53N5O3/c1-10-11-25-12-14-26(15-13-25)22-34-16-17-35(24-34)23-29(39)36(27-18-30(2,3)37(40)31(4,5)19-27)28-20-32(6,7)38(41)33(8,9)21-28/h12-17,24,27-28,40H,10-11,18-23H2,1-9H3. The molecule has 0 atom stereocenters. The molecular weight excluding hydrogens is 514 g/mol. The maximum absolute atomic E-state index is 14.3. The molecule has 2 saturated heterocycles. The predicted molar refractivity (Wildman–Crippen MR) is 162 cm³/mol. The van der Waals surface area contributed by atoms with Crippen molar-refractivity contribution in [1.29, 1.82) is 0 Å². The Bertz CT molecular complexity index is 1120. The second kappa shape index (κ2) is 11.4. The van der Waals surface area contributed by atoms with Crippen LogP contribution in [0.3, 0.4) is 0 Å². The lowest BCUT2D eigenvalue weighted by Crippen LogP contribution is -2.68. The lowest BCUT2D eigenvalue weighted by Gasteiger charge is -2.62. The third-order valence-electron chi connectivity index (χ3n) is 9.25. The Kier molecular flexibility index (Phi) is 8.83. The van der Waals surface area contributed by atoms with Gasteiger partial charge in [-0.1, -0.05) is 37.6 Å². The second-order valence-electron chi connectivity index (χ2n) is 15.1. The molecule has 1 N–H and O–H groups in total. The number of hydrogen-bond acceptors (Lipinski definition) is 5. The smallest absolute Gasteiger partial charge is 0.265 e. The Balaban J connectivity index is 1.58. The van der Waals surface area contributed by atoms with E-state index in [4.69, 9.17) is 0 Å². The van der Waals surface area contributed by atoms with Gasteiger partial charge in [-0.3, -0.25) is 4.79 Å². The molecular formula is C33H53N5O3. The number of hydroxylamine groups is 4. The summed E-state index contributed by atoms with van der Waals surface area (Å²) in [5.41, 5.74) is 0.441. The minimum absolute atomic E-state index is 0.0463. The average Bonchev–Trinajstić information content (AvgIpc) is 3.28. The summed E-state index contributed by atoms with van der Waals surface area (Å²) >= 11 is 0. The van der Waals surface area contributed by atoms with Crippen LogP contribution in [0.15, 0.2) is 43.0 Å². The van der Waals surface area contributed by atoms with Crippen LogP contribution in [0.2, 0.25) is 0 Å². The van der Waals surface area contributed by atoms with Gasteiger partial charge >= 0.3 is 0 Å². The molecule has 1 amide bonds. The molecule has 228 valence electrons. The van der Waals surface area contributed by atoms with Gasteiger partial charge in [0.2, 0.25) is 6.33 Å². The van der Waals surface area contributed by atoms with Crippen LogP contribution in [0, 0.1) is 5.21 Å². The van der Waals surface area contributed by atoms with E-state index in [0.29, 0.717) is 25.7 Å². The van der Waals surface area contributed by atoms with E-state index in [9.17, 15) is 15.2 Å². The molecule has 2 aliphatic rings. The Labute approximate surface area is 247 Å². The molecule has 2 aliphatic heterocycles. The van der Waals surface area contributed by atoms with E-state index in [-0.39, 0.29) is 24.5 Å². The van der Waals surface area contributed by atoms with Gasteiger partial charge < -0.3 is 20.4 Å². The minimum Gasteiger partial charge on any atom is -0.784 e. The fraction of sp³-hybridized carbons (Fsp3) is 0.697. The summed E-state index contributed by atoms with van der Waals surface area (Å²) < 4.78 is 4.09. The maximum Gasteiger partial charge on any atom is 0.265 e. The highest BCUT2D eigenvalue weighted by Crippen LogP contribution is 2.44. The van der Waals surface area contributed by atoms with Gasteiger partial charge in [-0.2, -0.15) is 5.06 Å². The van der Waals surface area contributed by atoms with Crippen LogP contribution in [0.1, 0.15) is 106 Å². The Morgan fingerprint density at radius 2 is 1.39 bits per heavy atom. The van der Waals surface area contributed by atoms with E-state index in [0.717, 1.165) is 19.4 Å². The van der Waals surface area contributed by atoms with Crippen molar-refractivity contribution in [3.63, 3.8) is 0 Å². The Morgan fingerprint density at radius 1 is 0.902 bits per heavy atom. The van der Waals surface area contributed by atoms with E-state index < -0.39 is 22.2 Å². The van der Waals surface area contributed by atoms with Crippen molar-refractivity contribution in [1.82, 2.24) is 19.6 Å². The summed E-state index contributed by atoms with van der Waals surface area (Å²) in [6.45, 7) is 19.3. The van der Waals surface area contributed by atoms with Crippen molar-refractivity contribution in [2.24, 2.45) is 0 Å². The van der Waals surface area contributed by atoms with Gasteiger partial charge in [0.1, 0.15) is 18.9 Å². The highest BCUT2D eigenvalue weighted by Gasteiger charge is 2.51. The quantitative estimate of drug-likeness (QED) is 0.424. The molecule has 4 rings (SSSR count). The molecule has 41 heavy (non-hydrogen) atoms. The van der Waals surface area contributed by atoms with Crippen LogP contribution in [0.5, 0.6) is 0 Å². The number of imidazole rings is 1. The number of amides is 1. The first kappa shape index (κ1) is 31.7. The van der Waals surface area contributed by atoms with Crippen molar-refractivity contribution < 1.29 is 14.6 Å². The molecule has 0 radical (unpaired) electrons. The molecule has 0 saturated carbocycles. The van der Waals surface area contributed by atoms with Crippen molar-refractivity contribution in [2.75, 3.05) is 0 Å². The van der Waals surface area contributed by atoms with Gasteiger partial charge in [-0.15, -0.1) is 0 Å². The number of carbonyl (C=O) groups is 1. The van der Waals surface area contributed by atoms with E-state index in [1.807, 2.05) is 78.7 Å². The molecule has 0 unspecified atom stereocenters. The van der Waals surface area contributed by atoms with Crippen molar-refractivity contribution in [3.05, 3.63) is 59.3 Å². The fourth-order valence-corrected chi connectivity index (χ4v) is 7.70. The molecule has 0 aliphatic carbocycles. The lowest BCUT2D eigenvalue weighted by molar-refractivity contribution is -0.687. The monoisotopic (exact) mass is 567 g/mol. The second-order valence-corrected chi connectivity index (χ2v) is 15.1. The van der Waals surface area contributed by atoms with E-state index in [1.54, 1.807) is 0 Å². The summed E-state index contributed by atoms with van der Waals surface area (Å²) in [4.78, 5) is 16.4. The third kappa shape index (κ3) is 6.87. The van der Waals surface area contributed by atoms with Crippen LogP contribution in [-0.2, 0) is 24.3 Å². The zero-order chi connectivity index (χ0) is 30.4. The molecule has 2 fully saturated rings. The van der Waals surface area contributed by atoms with Crippen LogP contribution in [-0.4, -0.2) is 64.9 Å². The maximum atomic E-state index is 14.3. The van der Waals surface area contributed by atoms with Crippen molar-refractivity contribution in [2.45, 2.75) is 148 Å². The molecule has 1 aromatic carbocycles. The Morgan fingerprint density at radius 3 is 1.90 bits per heavy atom. The van der Waals surface area contributed by atoms with Crippen molar-refractivity contribution >= 4 is 5.91 Å². The average molecular weight is 568 g/mol. The van der Waals surface area contributed by atoms with Crippen LogP contribution < -0.4 is 4.57 Å². The van der Waals surface area contributed by atoms with E-state index >= 15 is 0 Å². The van der Waals surface area contributed by atoms with Crippen molar-refractivity contribution in [3.8, 4) is 0 Å². The summed E-state index contributed by atoms with van der Waals surface area (Å²) in [5, 5.41) is 26.9. The number of benzene rings is 1. The summed E-state index contributed by atoms with van der Waals surface area (Å²) in [6, 6.07) is 8.67. The number of rotatable bonds is 8. The number of nitrogens with zero attached hydrogens (tertiary/aromatic N) is 5. The molecule has 8 nitrogen and oxygen atoms in total. The molecule has 1 aromatic heterocycles. The highest BCUT2D eigenvalue weighted by molar-refractivity contribution is 5.77. The number of hydrogen-bond donors (Lipinski definition) is 1. The SMILES string of the molecule is CCCc1ccc(C[n+]2ccn(CC(=O)N(C3CC(C)(C)N([O-])C(C)(C)C3)C3CC(C)(C)N(O)C(C)(C)C3)c2)cc1. The van der Waals surface area contributed by atoms with Gasteiger partial charge in [0, 0.05) is 34.2 Å². The van der Waals surface area contributed by atoms with Gasteiger partial charge in [-0.25, -0.2) is 9.13 Å². The molecule has 0 spiro atoms. The molecule has 8 heteroatoms. The summed E-state index contributed by atoms with van der Waals surface area (Å²) in [6.07, 6.45) is 10.8. The van der Waals surface area contributed by atoms with Crippen LogP contribution in [0.25, 0.3) is 0 Å². The number of aryl methyl sites for hydroxylation is 1. The predicted octanol–water partition coefficient (Wildman–Crippen LogP) is 5.54. The lowest BCUT2D eigenvalue weighted by atomic mass is 9.74. The molecule has 3 heterocycles. The summed E-state index contributed by atoms with van der Waals surface area (Å²) in [7, 11) is 0. The normalized spacial score (nSPS) is 23.0. The van der Waals surface area contributed by atoms with Crippen LogP contribution >= 0.6 is 0 Å².